The van der Waals surface area contributed by atoms with Gasteiger partial charge >= 0.3 is 6.36 Å². The fourth-order valence-electron chi connectivity index (χ4n) is 2.75. The summed E-state index contributed by atoms with van der Waals surface area (Å²) in [5.74, 6) is -1.35. The Bertz CT molecular complexity index is 492. The van der Waals surface area contributed by atoms with Crippen LogP contribution in [0.5, 0.6) is 5.75 Å². The van der Waals surface area contributed by atoms with Gasteiger partial charge in [0.1, 0.15) is 11.6 Å². The number of hydrogen-bond acceptors (Lipinski definition) is 3. The second-order valence-electron chi connectivity index (χ2n) is 5.29. The van der Waals surface area contributed by atoms with E-state index in [9.17, 15) is 22.7 Å². The number of ether oxygens (including phenoxy) is 1. The Morgan fingerprint density at radius 1 is 1.23 bits per heavy atom. The third-order valence-corrected chi connectivity index (χ3v) is 3.81. The summed E-state index contributed by atoms with van der Waals surface area (Å²) >= 11 is 0. The predicted molar refractivity (Wildman–Crippen MR) is 75.2 cm³/mol. The summed E-state index contributed by atoms with van der Waals surface area (Å²) < 4.78 is 54.1. The molecule has 0 bridgehead atoms. The quantitative estimate of drug-likeness (QED) is 0.820. The highest BCUT2D eigenvalue weighted by molar-refractivity contribution is 5.85. The van der Waals surface area contributed by atoms with Crippen molar-refractivity contribution in [1.82, 2.24) is 0 Å². The lowest BCUT2D eigenvalue weighted by molar-refractivity contribution is -0.274. The van der Waals surface area contributed by atoms with Gasteiger partial charge in [-0.05, 0) is 37.0 Å². The molecule has 0 aliphatic heterocycles. The van der Waals surface area contributed by atoms with Crippen LogP contribution >= 0.6 is 12.4 Å². The van der Waals surface area contributed by atoms with Crippen LogP contribution in [0.25, 0.3) is 0 Å². The number of nitrogens with two attached hydrogens (primary N) is 1. The first kappa shape index (κ1) is 19.0. The Labute approximate surface area is 131 Å². The van der Waals surface area contributed by atoms with Crippen LogP contribution in [0.4, 0.5) is 17.6 Å². The van der Waals surface area contributed by atoms with Crippen LogP contribution in [-0.4, -0.2) is 17.6 Å². The minimum Gasteiger partial charge on any atom is -0.406 e. The highest BCUT2D eigenvalue weighted by Gasteiger charge is 2.33. The summed E-state index contributed by atoms with van der Waals surface area (Å²) in [4.78, 5) is 0. The van der Waals surface area contributed by atoms with E-state index in [1.165, 1.54) is 0 Å². The zero-order chi connectivity index (χ0) is 15.6. The van der Waals surface area contributed by atoms with Gasteiger partial charge in [-0.1, -0.05) is 12.8 Å². The fraction of sp³-hybridized carbons (Fsp3) is 0.571. The molecule has 0 spiro atoms. The molecule has 2 atom stereocenters. The average molecular weight is 344 g/mol. The molecule has 1 saturated carbocycles. The van der Waals surface area contributed by atoms with Crippen molar-refractivity contribution in [3.8, 4) is 5.75 Å². The SMILES string of the molecule is Cl.N[C@H](c1cc(OC(F)(F)F)ccc1F)[C@@H](O)C1CCCC1. The molecule has 22 heavy (non-hydrogen) atoms. The monoisotopic (exact) mass is 343 g/mol. The van der Waals surface area contributed by atoms with Crippen molar-refractivity contribution in [3.05, 3.63) is 29.6 Å². The molecule has 1 aromatic carbocycles. The van der Waals surface area contributed by atoms with Crippen molar-refractivity contribution in [1.29, 1.82) is 0 Å². The number of alkyl halides is 3. The second-order valence-corrected chi connectivity index (χ2v) is 5.29. The van der Waals surface area contributed by atoms with Crippen LogP contribution in [0, 0.1) is 11.7 Å². The first-order valence-corrected chi connectivity index (χ1v) is 6.77. The Balaban J connectivity index is 0.00000242. The highest BCUT2D eigenvalue weighted by atomic mass is 35.5. The van der Waals surface area contributed by atoms with Crippen molar-refractivity contribution >= 4 is 12.4 Å². The van der Waals surface area contributed by atoms with E-state index in [0.29, 0.717) is 0 Å². The molecule has 8 heteroatoms. The van der Waals surface area contributed by atoms with Crippen molar-refractivity contribution in [2.75, 3.05) is 0 Å². The van der Waals surface area contributed by atoms with Crippen LogP contribution < -0.4 is 10.5 Å². The number of aliphatic hydroxyl groups excluding tert-OH is 1. The van der Waals surface area contributed by atoms with E-state index in [1.807, 2.05) is 0 Å². The summed E-state index contributed by atoms with van der Waals surface area (Å²) in [6.45, 7) is 0. The molecule has 0 saturated heterocycles. The smallest absolute Gasteiger partial charge is 0.406 e. The van der Waals surface area contributed by atoms with Gasteiger partial charge in [-0.3, -0.25) is 0 Å². The lowest BCUT2D eigenvalue weighted by atomic mass is 9.90. The summed E-state index contributed by atoms with van der Waals surface area (Å²) in [5.41, 5.74) is 5.65. The van der Waals surface area contributed by atoms with Gasteiger partial charge < -0.3 is 15.6 Å². The molecular formula is C14H18ClF4NO2. The van der Waals surface area contributed by atoms with E-state index in [-0.39, 0.29) is 23.9 Å². The number of halogens is 5. The molecule has 0 heterocycles. The van der Waals surface area contributed by atoms with Gasteiger partial charge in [-0.25, -0.2) is 4.39 Å². The maximum Gasteiger partial charge on any atom is 0.573 e. The van der Waals surface area contributed by atoms with Crippen LogP contribution in [0.2, 0.25) is 0 Å². The van der Waals surface area contributed by atoms with Crippen molar-refractivity contribution in [2.24, 2.45) is 11.7 Å². The maximum absolute atomic E-state index is 13.8. The van der Waals surface area contributed by atoms with Crippen molar-refractivity contribution in [3.63, 3.8) is 0 Å². The molecular weight excluding hydrogens is 326 g/mol. The van der Waals surface area contributed by atoms with Crippen LogP contribution in [-0.2, 0) is 0 Å². The molecule has 3 nitrogen and oxygen atoms in total. The summed E-state index contributed by atoms with van der Waals surface area (Å²) in [6.07, 6.45) is -2.33. The van der Waals surface area contributed by atoms with Crippen molar-refractivity contribution in [2.45, 2.75) is 44.2 Å². The van der Waals surface area contributed by atoms with Gasteiger partial charge in [-0.15, -0.1) is 25.6 Å². The van der Waals surface area contributed by atoms with Gasteiger partial charge in [0.05, 0.1) is 12.1 Å². The zero-order valence-corrected chi connectivity index (χ0v) is 12.5. The van der Waals surface area contributed by atoms with E-state index in [0.717, 1.165) is 43.9 Å². The number of rotatable bonds is 4. The third kappa shape index (κ3) is 4.72. The van der Waals surface area contributed by atoms with Crippen LogP contribution in [0.15, 0.2) is 18.2 Å². The summed E-state index contributed by atoms with van der Waals surface area (Å²) in [5, 5.41) is 10.2. The van der Waals surface area contributed by atoms with E-state index >= 15 is 0 Å². The molecule has 0 amide bonds. The number of benzene rings is 1. The summed E-state index contributed by atoms with van der Waals surface area (Å²) in [6, 6.07) is 1.55. The molecule has 0 radical (unpaired) electrons. The average Bonchev–Trinajstić information content (AvgIpc) is 2.91. The van der Waals surface area contributed by atoms with Gasteiger partial charge in [0.25, 0.3) is 0 Å². The minimum atomic E-state index is -4.86. The van der Waals surface area contributed by atoms with Gasteiger partial charge in [0, 0.05) is 5.56 Å². The van der Waals surface area contributed by atoms with E-state index in [2.05, 4.69) is 4.74 Å². The van der Waals surface area contributed by atoms with Crippen molar-refractivity contribution < 1.29 is 27.4 Å². The molecule has 0 aromatic heterocycles. The van der Waals surface area contributed by atoms with Gasteiger partial charge in [0.15, 0.2) is 0 Å². The Hall–Kier alpha value is -1.05. The van der Waals surface area contributed by atoms with Gasteiger partial charge in [-0.2, -0.15) is 0 Å². The molecule has 1 aromatic rings. The second kappa shape index (κ2) is 7.48. The van der Waals surface area contributed by atoms with E-state index in [4.69, 9.17) is 5.73 Å². The normalized spacial score (nSPS) is 18.6. The largest absolute Gasteiger partial charge is 0.573 e. The molecule has 1 aliphatic carbocycles. The predicted octanol–water partition coefficient (Wildman–Crippen LogP) is 3.70. The Morgan fingerprint density at radius 2 is 1.82 bits per heavy atom. The summed E-state index contributed by atoms with van der Waals surface area (Å²) in [7, 11) is 0. The Kier molecular flexibility index (Phi) is 6.46. The first-order chi connectivity index (χ1) is 9.78. The van der Waals surface area contributed by atoms with Gasteiger partial charge in [0.2, 0.25) is 0 Å². The molecule has 0 unspecified atom stereocenters. The molecule has 2 rings (SSSR count). The van der Waals surface area contributed by atoms with E-state index in [1.54, 1.807) is 0 Å². The number of hydrogen-bond donors (Lipinski definition) is 2. The molecule has 3 N–H and O–H groups in total. The molecule has 1 aliphatic rings. The molecule has 1 fully saturated rings. The highest BCUT2D eigenvalue weighted by Crippen LogP contribution is 2.34. The number of aliphatic hydroxyl groups is 1. The lowest BCUT2D eigenvalue weighted by Gasteiger charge is -2.25. The third-order valence-electron chi connectivity index (χ3n) is 3.81. The topological polar surface area (TPSA) is 55.5 Å². The standard InChI is InChI=1S/C14H17F4NO2.ClH/c15-11-6-5-9(21-14(16,17)18)7-10(11)12(19)13(20)8-3-1-2-4-8;/h5-8,12-13,20H,1-4,19H2;1H/t12-,13+;/m1./s1. The minimum absolute atomic E-state index is 0. The zero-order valence-electron chi connectivity index (χ0n) is 11.6. The maximum atomic E-state index is 13.8. The van der Waals surface area contributed by atoms with Crippen LogP contribution in [0.3, 0.4) is 0 Å². The van der Waals surface area contributed by atoms with E-state index < -0.39 is 30.1 Å². The molecule has 126 valence electrons. The fourth-order valence-corrected chi connectivity index (χ4v) is 2.75. The van der Waals surface area contributed by atoms with Crippen LogP contribution in [0.1, 0.15) is 37.3 Å². The Morgan fingerprint density at radius 3 is 2.36 bits per heavy atom. The lowest BCUT2D eigenvalue weighted by Crippen LogP contribution is -2.32. The first-order valence-electron chi connectivity index (χ1n) is 6.77.